The average molecular weight is 466 g/mol. The van der Waals surface area contributed by atoms with Crippen molar-refractivity contribution in [1.82, 2.24) is 9.78 Å². The first kappa shape index (κ1) is 15.7. The minimum Gasteiger partial charge on any atom is -0.497 e. The number of methoxy groups -OCH3 is 1. The Hall–Kier alpha value is -4.14. The normalized spacial score (nSPS) is 23.0. The fraction of sp³-hybridized carbons (Fsp3) is 0.280. The second-order valence-electron chi connectivity index (χ2n) is 7.61. The van der Waals surface area contributed by atoms with E-state index in [1.807, 2.05) is 0 Å². The number of aromatic nitrogens is 2. The highest BCUT2D eigenvalue weighted by atomic mass is 16.5. The van der Waals surface area contributed by atoms with Crippen molar-refractivity contribution in [2.45, 2.75) is 25.6 Å². The zero-order valence-corrected chi connectivity index (χ0v) is 18.2. The summed E-state index contributed by atoms with van der Waals surface area (Å²) in [6.07, 6.45) is -4.90. The molecule has 9 nitrogen and oxygen atoms in total. The van der Waals surface area contributed by atoms with E-state index in [1.54, 1.807) is 24.3 Å². The predicted molar refractivity (Wildman–Crippen MR) is 127 cm³/mol. The van der Waals surface area contributed by atoms with Crippen LogP contribution >= 0.6 is 0 Å². The third-order valence-electron chi connectivity index (χ3n) is 5.59. The number of piperidine rings is 1. The average Bonchev–Trinajstić information content (AvgIpc) is 3.33. The number of primary amides is 1. The molecule has 34 heavy (non-hydrogen) atoms. The van der Waals surface area contributed by atoms with Gasteiger partial charge in [-0.05, 0) is 67.7 Å². The summed E-state index contributed by atoms with van der Waals surface area (Å²) in [7, 11) is 1.49. The van der Waals surface area contributed by atoms with Gasteiger partial charge in [-0.1, -0.05) is 0 Å². The Kier molecular flexibility index (Phi) is 3.99. The molecular formula is C25H25N5O4. The molecule has 0 radical (unpaired) electrons. The van der Waals surface area contributed by atoms with Crippen molar-refractivity contribution in [3.8, 4) is 11.4 Å². The van der Waals surface area contributed by atoms with Crippen molar-refractivity contribution in [2.75, 3.05) is 30.0 Å². The summed E-state index contributed by atoms with van der Waals surface area (Å²) in [6.45, 7) is -2.59. The highest BCUT2D eigenvalue weighted by Crippen LogP contribution is 2.31. The molecule has 5 rings (SSSR count). The molecule has 0 spiro atoms. The highest BCUT2D eigenvalue weighted by molar-refractivity contribution is 6.09. The summed E-state index contributed by atoms with van der Waals surface area (Å²) >= 11 is 0. The lowest BCUT2D eigenvalue weighted by molar-refractivity contribution is -0.119. The van der Waals surface area contributed by atoms with Crippen LogP contribution in [0.3, 0.4) is 0 Å². The fourth-order valence-corrected chi connectivity index (χ4v) is 3.91. The third-order valence-corrected chi connectivity index (χ3v) is 5.59. The largest absolute Gasteiger partial charge is 0.497 e. The van der Waals surface area contributed by atoms with Gasteiger partial charge in [-0.15, -0.1) is 0 Å². The summed E-state index contributed by atoms with van der Waals surface area (Å²) in [4.78, 5) is 40.7. The fourth-order valence-electron chi connectivity index (χ4n) is 3.91. The van der Waals surface area contributed by atoms with Gasteiger partial charge in [0.05, 0.1) is 12.8 Å². The lowest BCUT2D eigenvalue weighted by atomic mass is 10.0. The zero-order valence-electron chi connectivity index (χ0n) is 24.2. The molecule has 0 unspecified atom stereocenters. The van der Waals surface area contributed by atoms with E-state index in [-0.39, 0.29) is 41.2 Å². The van der Waals surface area contributed by atoms with Crippen LogP contribution in [-0.4, -0.2) is 47.7 Å². The summed E-state index contributed by atoms with van der Waals surface area (Å²) in [5, 5.41) is 4.20. The summed E-state index contributed by atoms with van der Waals surface area (Å²) in [6, 6.07) is 12.0. The van der Waals surface area contributed by atoms with E-state index in [9.17, 15) is 14.4 Å². The minimum absolute atomic E-state index is 0.0924. The van der Waals surface area contributed by atoms with Crippen molar-refractivity contribution < 1.29 is 27.3 Å². The Bertz CT molecular complexity index is 1520. The van der Waals surface area contributed by atoms with E-state index >= 15 is 0 Å². The molecule has 0 aliphatic carbocycles. The van der Waals surface area contributed by atoms with Gasteiger partial charge >= 0.3 is 0 Å². The molecule has 3 heterocycles. The van der Waals surface area contributed by atoms with E-state index in [1.165, 1.54) is 36.1 Å². The smallest absolute Gasteiger partial charge is 0.277 e. The number of hydrogen-bond donors (Lipinski definition) is 1. The van der Waals surface area contributed by atoms with Crippen LogP contribution in [0, 0.1) is 0 Å². The van der Waals surface area contributed by atoms with Crippen LogP contribution in [0.25, 0.3) is 5.69 Å². The van der Waals surface area contributed by atoms with Crippen LogP contribution in [0.1, 0.15) is 54.0 Å². The van der Waals surface area contributed by atoms with Gasteiger partial charge in [-0.25, -0.2) is 4.68 Å². The first-order valence-corrected chi connectivity index (χ1v) is 10.5. The van der Waals surface area contributed by atoms with E-state index in [4.69, 9.17) is 18.7 Å². The van der Waals surface area contributed by atoms with E-state index < -0.39 is 43.5 Å². The number of nitrogens with two attached hydrogens (primary N) is 1. The molecule has 2 aromatic carbocycles. The Morgan fingerprint density at radius 3 is 2.26 bits per heavy atom. The van der Waals surface area contributed by atoms with Crippen LogP contribution in [0.15, 0.2) is 48.5 Å². The summed E-state index contributed by atoms with van der Waals surface area (Å²) < 4.78 is 56.2. The molecule has 174 valence electrons. The molecule has 1 saturated heterocycles. The van der Waals surface area contributed by atoms with Gasteiger partial charge < -0.3 is 20.3 Å². The zero-order chi connectivity index (χ0) is 29.2. The first-order chi connectivity index (χ1) is 18.7. The Balaban J connectivity index is 1.57. The van der Waals surface area contributed by atoms with Crippen molar-refractivity contribution >= 4 is 29.1 Å². The minimum atomic E-state index is -2.23. The Labute approximate surface area is 205 Å². The highest BCUT2D eigenvalue weighted by Gasteiger charge is 2.34. The van der Waals surface area contributed by atoms with Gasteiger partial charge in [0.2, 0.25) is 5.91 Å². The summed E-state index contributed by atoms with van der Waals surface area (Å²) in [5.41, 5.74) is 5.44. The van der Waals surface area contributed by atoms with Crippen molar-refractivity contribution in [1.29, 1.82) is 0 Å². The van der Waals surface area contributed by atoms with Crippen LogP contribution in [0.5, 0.6) is 5.75 Å². The Morgan fingerprint density at radius 2 is 1.62 bits per heavy atom. The van der Waals surface area contributed by atoms with Crippen molar-refractivity contribution in [3.05, 3.63) is 65.5 Å². The van der Waals surface area contributed by atoms with Crippen LogP contribution in [0.2, 0.25) is 0 Å². The van der Waals surface area contributed by atoms with Crippen LogP contribution in [-0.2, 0) is 11.2 Å². The number of rotatable bonds is 5. The quantitative estimate of drug-likeness (QED) is 0.623. The third kappa shape index (κ3) is 3.68. The molecule has 0 saturated carbocycles. The Morgan fingerprint density at radius 1 is 0.971 bits per heavy atom. The number of carbonyl (C=O) groups excluding carboxylic acids is 3. The van der Waals surface area contributed by atoms with Gasteiger partial charge in [0, 0.05) is 44.6 Å². The standard InChI is InChI=1S/C25H25N5O4/c1-34-19-11-9-18(10-12-19)30-23-20(22(27-30)24(26)32)13-15-29(25(23)33)17-7-5-16(6-8-17)28-14-3-2-4-21(28)31/h5-12H,2-4,13-15H2,1H3,(H2,26,32)/i4D2,13D2,14D2. The lowest BCUT2D eigenvalue weighted by Crippen LogP contribution is -2.39. The van der Waals surface area contributed by atoms with E-state index in [0.717, 1.165) is 9.80 Å². The molecule has 0 atom stereocenters. The van der Waals surface area contributed by atoms with Crippen LogP contribution < -0.4 is 20.3 Å². The first-order valence-electron chi connectivity index (χ1n) is 13.5. The number of anilines is 2. The monoisotopic (exact) mass is 465 g/mol. The molecule has 0 bridgehead atoms. The van der Waals surface area contributed by atoms with Gasteiger partial charge in [0.1, 0.15) is 11.4 Å². The second kappa shape index (κ2) is 8.66. The SMILES string of the molecule is [2H]C1([2H])CCC([2H])([2H])N(c2ccc(N3CC([2H])([2H])c4c(C(N)=O)nn(-c5ccc(OC)cc5)c4C3=O)cc2)C1=O. The predicted octanol–water partition coefficient (Wildman–Crippen LogP) is 2.70. The molecule has 3 amide bonds. The number of hydrogen-bond acceptors (Lipinski definition) is 5. The lowest BCUT2D eigenvalue weighted by Gasteiger charge is -2.29. The molecule has 2 N–H and O–H groups in total. The molecule has 9 heteroatoms. The molecule has 2 aliphatic heterocycles. The number of nitrogens with zero attached hydrogens (tertiary/aromatic N) is 4. The number of amides is 3. The number of benzene rings is 2. The van der Waals surface area contributed by atoms with Gasteiger partial charge in [-0.2, -0.15) is 5.10 Å². The maximum Gasteiger partial charge on any atom is 0.277 e. The van der Waals surface area contributed by atoms with Crippen LogP contribution in [0.4, 0.5) is 11.4 Å². The summed E-state index contributed by atoms with van der Waals surface area (Å²) in [5.74, 6) is -2.12. The van der Waals surface area contributed by atoms with Gasteiger partial charge in [0.15, 0.2) is 5.69 Å². The van der Waals surface area contributed by atoms with Crippen molar-refractivity contribution in [2.24, 2.45) is 5.73 Å². The van der Waals surface area contributed by atoms with E-state index in [2.05, 4.69) is 5.10 Å². The van der Waals surface area contributed by atoms with Gasteiger partial charge in [-0.3, -0.25) is 14.4 Å². The maximum absolute atomic E-state index is 13.8. The van der Waals surface area contributed by atoms with Crippen molar-refractivity contribution in [3.63, 3.8) is 0 Å². The number of carbonyl (C=O) groups is 3. The van der Waals surface area contributed by atoms with Gasteiger partial charge in [0.25, 0.3) is 11.8 Å². The molecule has 1 fully saturated rings. The second-order valence-corrected chi connectivity index (χ2v) is 7.61. The number of fused-ring (bicyclic) bond motifs is 1. The molecule has 3 aromatic rings. The maximum atomic E-state index is 13.8. The number of ether oxygens (including phenoxy) is 1. The van der Waals surface area contributed by atoms with E-state index in [0.29, 0.717) is 11.4 Å². The molecular weight excluding hydrogens is 434 g/mol. The topological polar surface area (TPSA) is 111 Å². The molecule has 1 aromatic heterocycles. The molecule has 2 aliphatic rings.